The lowest BCUT2D eigenvalue weighted by Crippen LogP contribution is -2.09. The number of rotatable bonds is 2. The Bertz CT molecular complexity index is 913. The third-order valence-corrected chi connectivity index (χ3v) is 4.05. The number of pyridine rings is 1. The summed E-state index contributed by atoms with van der Waals surface area (Å²) in [6, 6.07) is 9.93. The second kappa shape index (κ2) is 5.89. The van der Waals surface area contributed by atoms with Crippen LogP contribution in [0, 0.1) is 12.7 Å². The maximum atomic E-state index is 13.7. The number of halogens is 4. The Balaban J connectivity index is 2.37. The van der Waals surface area contributed by atoms with E-state index >= 15 is 0 Å². The van der Waals surface area contributed by atoms with E-state index in [4.69, 9.17) is 0 Å². The van der Waals surface area contributed by atoms with Crippen LogP contribution < -0.4 is 0 Å². The van der Waals surface area contributed by atoms with Crippen molar-refractivity contribution in [1.29, 1.82) is 0 Å². The quantitative estimate of drug-likeness (QED) is 0.530. The lowest BCUT2D eigenvalue weighted by atomic mass is 9.96. The van der Waals surface area contributed by atoms with Crippen LogP contribution in [0.2, 0.25) is 0 Å². The zero-order valence-corrected chi connectivity index (χ0v) is 13.2. The highest BCUT2D eigenvalue weighted by Crippen LogP contribution is 2.39. The first-order chi connectivity index (χ1) is 11.3. The molecule has 0 unspecified atom stereocenters. The average molecular weight is 333 g/mol. The zero-order chi connectivity index (χ0) is 17.5. The van der Waals surface area contributed by atoms with Crippen LogP contribution in [0.5, 0.6) is 0 Å². The lowest BCUT2D eigenvalue weighted by molar-refractivity contribution is -0.137. The standard InChI is InChI=1S/C19H15F4N/c1-3-12-9-13-6-4-5-11(2)17(13)24-18(12)15-10-14(20)7-8-16(15)19(21,22)23/h4-10H,3H2,1-2H3. The summed E-state index contributed by atoms with van der Waals surface area (Å²) < 4.78 is 53.7. The maximum absolute atomic E-state index is 13.7. The Morgan fingerprint density at radius 1 is 1.04 bits per heavy atom. The van der Waals surface area contributed by atoms with Gasteiger partial charge in [0.25, 0.3) is 0 Å². The molecule has 0 aliphatic rings. The predicted octanol–water partition coefficient (Wildman–Crippen LogP) is 5.93. The van der Waals surface area contributed by atoms with Crippen LogP contribution in [-0.2, 0) is 12.6 Å². The fraction of sp³-hybridized carbons (Fsp3) is 0.211. The average Bonchev–Trinajstić information content (AvgIpc) is 2.53. The van der Waals surface area contributed by atoms with Crippen molar-refractivity contribution in [2.45, 2.75) is 26.4 Å². The van der Waals surface area contributed by atoms with E-state index < -0.39 is 17.6 Å². The van der Waals surface area contributed by atoms with Crippen LogP contribution in [-0.4, -0.2) is 4.98 Å². The topological polar surface area (TPSA) is 12.9 Å². The normalized spacial score (nSPS) is 11.9. The summed E-state index contributed by atoms with van der Waals surface area (Å²) in [6.07, 6.45) is -4.07. The van der Waals surface area contributed by atoms with Gasteiger partial charge in [-0.25, -0.2) is 9.37 Å². The lowest BCUT2D eigenvalue weighted by Gasteiger charge is -2.16. The summed E-state index contributed by atoms with van der Waals surface area (Å²) in [4.78, 5) is 4.46. The Morgan fingerprint density at radius 3 is 2.46 bits per heavy atom. The second-order valence-corrected chi connectivity index (χ2v) is 5.68. The fourth-order valence-electron chi connectivity index (χ4n) is 2.85. The molecular formula is C19H15F4N. The minimum absolute atomic E-state index is 0.186. The molecule has 1 heterocycles. The van der Waals surface area contributed by atoms with Gasteiger partial charge in [-0.2, -0.15) is 13.2 Å². The van der Waals surface area contributed by atoms with Gasteiger partial charge in [0.15, 0.2) is 0 Å². The van der Waals surface area contributed by atoms with Crippen LogP contribution in [0.3, 0.4) is 0 Å². The SMILES string of the molecule is CCc1cc2cccc(C)c2nc1-c1cc(F)ccc1C(F)(F)F. The van der Waals surface area contributed by atoms with E-state index in [0.29, 0.717) is 17.5 Å². The van der Waals surface area contributed by atoms with Crippen molar-refractivity contribution in [3.05, 3.63) is 65.0 Å². The molecule has 2 aromatic carbocycles. The molecule has 3 rings (SSSR count). The second-order valence-electron chi connectivity index (χ2n) is 5.68. The van der Waals surface area contributed by atoms with Crippen molar-refractivity contribution in [3.8, 4) is 11.3 Å². The zero-order valence-electron chi connectivity index (χ0n) is 13.2. The molecule has 0 saturated heterocycles. The van der Waals surface area contributed by atoms with Gasteiger partial charge in [0.2, 0.25) is 0 Å². The van der Waals surface area contributed by atoms with Gasteiger partial charge in [0.1, 0.15) is 5.82 Å². The van der Waals surface area contributed by atoms with E-state index in [1.54, 1.807) is 0 Å². The molecule has 0 fully saturated rings. The summed E-state index contributed by atoms with van der Waals surface area (Å²) >= 11 is 0. The number of aromatic nitrogens is 1. The molecule has 0 aliphatic heterocycles. The monoisotopic (exact) mass is 333 g/mol. The van der Waals surface area contributed by atoms with Crippen LogP contribution in [0.15, 0.2) is 42.5 Å². The Morgan fingerprint density at radius 2 is 1.79 bits per heavy atom. The molecule has 0 aliphatic carbocycles. The Hall–Kier alpha value is -2.43. The molecule has 24 heavy (non-hydrogen) atoms. The summed E-state index contributed by atoms with van der Waals surface area (Å²) in [6.45, 7) is 3.69. The minimum Gasteiger partial charge on any atom is -0.247 e. The van der Waals surface area contributed by atoms with Crippen LogP contribution in [0.4, 0.5) is 17.6 Å². The van der Waals surface area contributed by atoms with Crippen molar-refractivity contribution in [1.82, 2.24) is 4.98 Å². The van der Waals surface area contributed by atoms with Gasteiger partial charge in [-0.3, -0.25) is 0 Å². The van der Waals surface area contributed by atoms with Crippen molar-refractivity contribution in [2.75, 3.05) is 0 Å². The highest BCUT2D eigenvalue weighted by molar-refractivity contribution is 5.86. The molecule has 0 N–H and O–H groups in total. The minimum atomic E-state index is -4.57. The highest BCUT2D eigenvalue weighted by Gasteiger charge is 2.34. The van der Waals surface area contributed by atoms with Gasteiger partial charge >= 0.3 is 6.18 Å². The number of benzene rings is 2. The summed E-state index contributed by atoms with van der Waals surface area (Å²) in [5.74, 6) is -0.716. The third-order valence-electron chi connectivity index (χ3n) is 4.05. The maximum Gasteiger partial charge on any atom is 0.417 e. The molecule has 0 spiro atoms. The number of fused-ring (bicyclic) bond motifs is 1. The van der Waals surface area contributed by atoms with Crippen molar-refractivity contribution >= 4 is 10.9 Å². The molecule has 0 amide bonds. The highest BCUT2D eigenvalue weighted by atomic mass is 19.4. The number of para-hydroxylation sites is 1. The molecule has 3 aromatic rings. The third kappa shape index (κ3) is 2.86. The van der Waals surface area contributed by atoms with Gasteiger partial charge in [-0.1, -0.05) is 25.1 Å². The molecule has 0 saturated carbocycles. The number of aryl methyl sites for hydroxylation is 2. The van der Waals surface area contributed by atoms with E-state index in [0.717, 1.165) is 29.1 Å². The summed E-state index contributed by atoms with van der Waals surface area (Å²) in [5, 5.41) is 0.862. The van der Waals surface area contributed by atoms with E-state index in [-0.39, 0.29) is 11.3 Å². The first-order valence-electron chi connectivity index (χ1n) is 7.57. The van der Waals surface area contributed by atoms with Gasteiger partial charge in [0, 0.05) is 10.9 Å². The van der Waals surface area contributed by atoms with E-state index in [1.807, 2.05) is 38.1 Å². The van der Waals surface area contributed by atoms with Gasteiger partial charge in [-0.15, -0.1) is 0 Å². The summed E-state index contributed by atoms with van der Waals surface area (Å²) in [7, 11) is 0. The van der Waals surface area contributed by atoms with Crippen molar-refractivity contribution < 1.29 is 17.6 Å². The molecule has 124 valence electrons. The molecule has 1 nitrogen and oxygen atoms in total. The number of nitrogens with zero attached hydrogens (tertiary/aromatic N) is 1. The molecule has 0 bridgehead atoms. The summed E-state index contributed by atoms with van der Waals surface area (Å²) in [5.41, 5.74) is 1.24. The number of hydrogen-bond donors (Lipinski definition) is 0. The van der Waals surface area contributed by atoms with E-state index in [1.165, 1.54) is 0 Å². The first kappa shape index (κ1) is 16.4. The van der Waals surface area contributed by atoms with E-state index in [9.17, 15) is 17.6 Å². The molecule has 1 aromatic heterocycles. The van der Waals surface area contributed by atoms with Crippen LogP contribution in [0.1, 0.15) is 23.6 Å². The Kier molecular flexibility index (Phi) is 4.03. The Labute approximate surface area is 137 Å². The van der Waals surface area contributed by atoms with Gasteiger partial charge in [-0.05, 0) is 48.7 Å². The molecule has 0 atom stereocenters. The fourth-order valence-corrected chi connectivity index (χ4v) is 2.85. The molecule has 5 heteroatoms. The van der Waals surface area contributed by atoms with Crippen LogP contribution >= 0.6 is 0 Å². The van der Waals surface area contributed by atoms with Crippen molar-refractivity contribution in [3.63, 3.8) is 0 Å². The van der Waals surface area contributed by atoms with Crippen molar-refractivity contribution in [2.24, 2.45) is 0 Å². The predicted molar refractivity (Wildman–Crippen MR) is 86.3 cm³/mol. The van der Waals surface area contributed by atoms with E-state index in [2.05, 4.69) is 4.98 Å². The number of alkyl halides is 3. The first-order valence-corrected chi connectivity index (χ1v) is 7.57. The smallest absolute Gasteiger partial charge is 0.247 e. The van der Waals surface area contributed by atoms with Gasteiger partial charge in [0.05, 0.1) is 16.8 Å². The number of hydrogen-bond acceptors (Lipinski definition) is 1. The van der Waals surface area contributed by atoms with Gasteiger partial charge < -0.3 is 0 Å². The largest absolute Gasteiger partial charge is 0.417 e. The molecule has 0 radical (unpaired) electrons. The van der Waals surface area contributed by atoms with Crippen LogP contribution in [0.25, 0.3) is 22.2 Å². The molecular weight excluding hydrogens is 318 g/mol.